The number of ether oxygens (including phenoxy) is 1. The zero-order chi connectivity index (χ0) is 7.07. The summed E-state index contributed by atoms with van der Waals surface area (Å²) in [5.74, 6) is -0.844. The van der Waals surface area contributed by atoms with Crippen molar-refractivity contribution in [2.75, 3.05) is 20.7 Å². The van der Waals surface area contributed by atoms with Gasteiger partial charge in [-0.25, -0.2) is 0 Å². The summed E-state index contributed by atoms with van der Waals surface area (Å²) in [5.41, 5.74) is 0. The number of aliphatic hydroxyl groups is 1. The SMILES string of the molecule is C[C@H](N(C)C)C1(O)CO1. The average molecular weight is 131 g/mol. The van der Waals surface area contributed by atoms with E-state index < -0.39 is 5.79 Å². The molecule has 54 valence electrons. The Balaban J connectivity index is 2.42. The third-order valence-electron chi connectivity index (χ3n) is 1.87. The molecular weight excluding hydrogens is 118 g/mol. The summed E-state index contributed by atoms with van der Waals surface area (Å²) >= 11 is 0. The second-order valence-corrected chi connectivity index (χ2v) is 2.77. The fourth-order valence-electron chi connectivity index (χ4n) is 0.719. The molecule has 1 rings (SSSR count). The van der Waals surface area contributed by atoms with Gasteiger partial charge in [-0.05, 0) is 21.0 Å². The Morgan fingerprint density at radius 3 is 2.22 bits per heavy atom. The van der Waals surface area contributed by atoms with Crippen LogP contribution in [0.2, 0.25) is 0 Å². The summed E-state index contributed by atoms with van der Waals surface area (Å²) in [5, 5.41) is 9.30. The van der Waals surface area contributed by atoms with Gasteiger partial charge in [-0.3, -0.25) is 0 Å². The van der Waals surface area contributed by atoms with Crippen LogP contribution in [0, 0.1) is 0 Å². The maximum absolute atomic E-state index is 9.30. The molecule has 0 aromatic rings. The van der Waals surface area contributed by atoms with Crippen LogP contribution in [0.15, 0.2) is 0 Å². The highest BCUT2D eigenvalue weighted by molar-refractivity contribution is 4.89. The molecule has 0 spiro atoms. The van der Waals surface area contributed by atoms with Crippen LogP contribution in [-0.2, 0) is 4.74 Å². The van der Waals surface area contributed by atoms with E-state index in [4.69, 9.17) is 4.74 Å². The van der Waals surface area contributed by atoms with Crippen LogP contribution in [0.4, 0.5) is 0 Å². The molecule has 3 heteroatoms. The molecule has 2 atom stereocenters. The van der Waals surface area contributed by atoms with Gasteiger partial charge < -0.3 is 14.7 Å². The molecule has 0 radical (unpaired) electrons. The largest absolute Gasteiger partial charge is 0.362 e. The van der Waals surface area contributed by atoms with Gasteiger partial charge in [0.15, 0.2) is 0 Å². The molecule has 1 N–H and O–H groups in total. The van der Waals surface area contributed by atoms with Crippen molar-refractivity contribution in [1.82, 2.24) is 4.90 Å². The van der Waals surface area contributed by atoms with Crippen molar-refractivity contribution in [3.8, 4) is 0 Å². The fraction of sp³-hybridized carbons (Fsp3) is 1.00. The maximum Gasteiger partial charge on any atom is 0.205 e. The molecule has 1 unspecified atom stereocenters. The molecule has 1 heterocycles. The summed E-state index contributed by atoms with van der Waals surface area (Å²) in [6.07, 6.45) is 0. The smallest absolute Gasteiger partial charge is 0.205 e. The van der Waals surface area contributed by atoms with Crippen LogP contribution in [0.5, 0.6) is 0 Å². The third-order valence-corrected chi connectivity index (χ3v) is 1.87. The van der Waals surface area contributed by atoms with Crippen LogP contribution in [0.1, 0.15) is 6.92 Å². The Morgan fingerprint density at radius 2 is 2.11 bits per heavy atom. The third kappa shape index (κ3) is 1.23. The van der Waals surface area contributed by atoms with Crippen molar-refractivity contribution < 1.29 is 9.84 Å². The van der Waals surface area contributed by atoms with Crippen LogP contribution in [0.3, 0.4) is 0 Å². The summed E-state index contributed by atoms with van der Waals surface area (Å²) in [7, 11) is 3.84. The Morgan fingerprint density at radius 1 is 1.67 bits per heavy atom. The lowest BCUT2D eigenvalue weighted by atomic mass is 10.2. The first kappa shape index (κ1) is 6.99. The van der Waals surface area contributed by atoms with Crippen molar-refractivity contribution >= 4 is 0 Å². The van der Waals surface area contributed by atoms with Crippen molar-refractivity contribution in [1.29, 1.82) is 0 Å². The zero-order valence-corrected chi connectivity index (χ0v) is 6.09. The van der Waals surface area contributed by atoms with Gasteiger partial charge in [0.1, 0.15) is 6.61 Å². The van der Waals surface area contributed by atoms with Gasteiger partial charge in [0.25, 0.3) is 0 Å². The van der Waals surface area contributed by atoms with Crippen molar-refractivity contribution in [2.24, 2.45) is 0 Å². The van der Waals surface area contributed by atoms with Gasteiger partial charge in [-0.2, -0.15) is 0 Å². The summed E-state index contributed by atoms with van der Waals surface area (Å²) < 4.78 is 4.83. The Bertz CT molecular complexity index is 110. The van der Waals surface area contributed by atoms with E-state index in [-0.39, 0.29) is 6.04 Å². The highest BCUT2D eigenvalue weighted by Gasteiger charge is 2.48. The van der Waals surface area contributed by atoms with Crippen LogP contribution in [-0.4, -0.2) is 42.5 Å². The quantitative estimate of drug-likeness (QED) is 0.521. The van der Waals surface area contributed by atoms with Crippen molar-refractivity contribution in [3.63, 3.8) is 0 Å². The van der Waals surface area contributed by atoms with E-state index in [9.17, 15) is 5.11 Å². The van der Waals surface area contributed by atoms with Crippen molar-refractivity contribution in [3.05, 3.63) is 0 Å². The molecule has 0 aromatic heterocycles. The first-order valence-corrected chi connectivity index (χ1v) is 3.09. The van der Waals surface area contributed by atoms with E-state index in [1.807, 2.05) is 25.9 Å². The second-order valence-electron chi connectivity index (χ2n) is 2.77. The number of hydrogen-bond acceptors (Lipinski definition) is 3. The molecule has 0 aromatic carbocycles. The minimum Gasteiger partial charge on any atom is -0.362 e. The minimum absolute atomic E-state index is 0.0949. The number of nitrogens with zero attached hydrogens (tertiary/aromatic N) is 1. The van der Waals surface area contributed by atoms with E-state index in [0.717, 1.165) is 0 Å². The topological polar surface area (TPSA) is 36.0 Å². The molecular formula is C6H13NO2. The monoisotopic (exact) mass is 131 g/mol. The standard InChI is InChI=1S/C6H13NO2/c1-5(7(2)3)6(8)4-9-6/h5,8H,4H2,1-3H3/t5-,6?/m0/s1. The molecule has 0 bridgehead atoms. The molecule has 1 aliphatic rings. The van der Waals surface area contributed by atoms with E-state index in [0.29, 0.717) is 6.61 Å². The van der Waals surface area contributed by atoms with Crippen LogP contribution in [0.25, 0.3) is 0 Å². The van der Waals surface area contributed by atoms with Crippen molar-refractivity contribution in [2.45, 2.75) is 18.8 Å². The second kappa shape index (κ2) is 1.94. The van der Waals surface area contributed by atoms with E-state index in [2.05, 4.69) is 0 Å². The van der Waals surface area contributed by atoms with E-state index in [1.165, 1.54) is 0 Å². The molecule has 9 heavy (non-hydrogen) atoms. The first-order valence-electron chi connectivity index (χ1n) is 3.09. The van der Waals surface area contributed by atoms with E-state index >= 15 is 0 Å². The predicted molar refractivity (Wildman–Crippen MR) is 34.1 cm³/mol. The molecule has 1 fully saturated rings. The van der Waals surface area contributed by atoms with Gasteiger partial charge in [-0.15, -0.1) is 0 Å². The molecule has 1 saturated heterocycles. The molecule has 0 aliphatic carbocycles. The van der Waals surface area contributed by atoms with E-state index in [1.54, 1.807) is 0 Å². The minimum atomic E-state index is -0.844. The molecule has 0 amide bonds. The van der Waals surface area contributed by atoms with Gasteiger partial charge in [0.2, 0.25) is 5.79 Å². The molecule has 3 nitrogen and oxygen atoms in total. The lowest BCUT2D eigenvalue weighted by molar-refractivity contribution is -0.0241. The molecule has 1 aliphatic heterocycles. The number of hydrogen-bond donors (Lipinski definition) is 1. The Kier molecular flexibility index (Phi) is 1.50. The van der Waals surface area contributed by atoms with Gasteiger partial charge in [-0.1, -0.05) is 0 Å². The Hall–Kier alpha value is -0.120. The predicted octanol–water partition coefficient (Wildman–Crippen LogP) is -0.345. The van der Waals surface area contributed by atoms with Gasteiger partial charge in [0, 0.05) is 0 Å². The molecule has 0 saturated carbocycles. The zero-order valence-electron chi connectivity index (χ0n) is 6.09. The van der Waals surface area contributed by atoms with Gasteiger partial charge >= 0.3 is 0 Å². The van der Waals surface area contributed by atoms with Crippen LogP contribution >= 0.6 is 0 Å². The maximum atomic E-state index is 9.30. The summed E-state index contributed by atoms with van der Waals surface area (Å²) in [6.45, 7) is 2.42. The fourth-order valence-corrected chi connectivity index (χ4v) is 0.719. The number of epoxide rings is 1. The van der Waals surface area contributed by atoms with Crippen LogP contribution < -0.4 is 0 Å². The lowest BCUT2D eigenvalue weighted by Crippen LogP contribution is -2.39. The summed E-state index contributed by atoms with van der Waals surface area (Å²) in [6, 6.07) is 0.0949. The van der Waals surface area contributed by atoms with Gasteiger partial charge in [0.05, 0.1) is 6.04 Å². The first-order chi connectivity index (χ1) is 4.06. The highest BCUT2D eigenvalue weighted by atomic mass is 16.7. The average Bonchev–Trinajstić information content (AvgIpc) is 2.47. The number of likely N-dealkylation sites (N-methyl/N-ethyl adjacent to an activating group) is 1. The normalized spacial score (nSPS) is 37.0. The lowest BCUT2D eigenvalue weighted by Gasteiger charge is -2.21. The Labute approximate surface area is 55.2 Å². The summed E-state index contributed by atoms with van der Waals surface area (Å²) in [4.78, 5) is 1.94. The number of rotatable bonds is 2. The highest BCUT2D eigenvalue weighted by Crippen LogP contribution is 2.28.